The van der Waals surface area contributed by atoms with E-state index in [1.54, 1.807) is 0 Å². The van der Waals surface area contributed by atoms with E-state index in [1.807, 2.05) is 35.2 Å². The Morgan fingerprint density at radius 3 is 2.58 bits per heavy atom. The molecule has 2 saturated heterocycles. The monoisotopic (exact) mass is 331 g/mol. The summed E-state index contributed by atoms with van der Waals surface area (Å²) >= 11 is 0. The molecule has 0 spiro atoms. The lowest BCUT2D eigenvalue weighted by Crippen LogP contribution is -2.51. The van der Waals surface area contributed by atoms with Gasteiger partial charge in [-0.15, -0.1) is 0 Å². The van der Waals surface area contributed by atoms with Gasteiger partial charge in [0.05, 0.1) is 12.2 Å². The molecule has 5 heteroatoms. The standard InChI is InChI=1S/C19H29N3O2/c1-14-11-21(12-15(2)24-14)13-17-9-6-10-22(17)19(23)18(20)16-7-4-3-5-8-16/h3-5,7-8,14-15,17-18H,6,9-13,20H2,1-2H3/t14-,15+,17-,18+/m0/s1. The molecule has 2 aliphatic rings. The molecule has 3 rings (SSSR count). The first-order chi connectivity index (χ1) is 11.5. The highest BCUT2D eigenvalue weighted by atomic mass is 16.5. The number of morpholine rings is 1. The number of rotatable bonds is 4. The molecule has 0 unspecified atom stereocenters. The first-order valence-corrected chi connectivity index (χ1v) is 9.03. The number of carbonyl (C=O) groups is 1. The SMILES string of the molecule is C[C@@H]1CN(C[C@@H]2CCCN2C(=O)[C@H](N)c2ccccc2)C[C@H](C)O1. The predicted octanol–water partition coefficient (Wildman–Crippen LogP) is 1.79. The van der Waals surface area contributed by atoms with E-state index in [2.05, 4.69) is 18.7 Å². The van der Waals surface area contributed by atoms with Gasteiger partial charge in [0.2, 0.25) is 5.91 Å². The average molecular weight is 331 g/mol. The molecule has 5 nitrogen and oxygen atoms in total. The number of amides is 1. The van der Waals surface area contributed by atoms with Crippen LogP contribution in [0.25, 0.3) is 0 Å². The minimum atomic E-state index is -0.561. The molecule has 132 valence electrons. The third-order valence-electron chi connectivity index (χ3n) is 5.05. The molecule has 2 aliphatic heterocycles. The van der Waals surface area contributed by atoms with E-state index in [1.165, 1.54) is 0 Å². The summed E-state index contributed by atoms with van der Waals surface area (Å²) in [6.45, 7) is 7.85. The average Bonchev–Trinajstić information content (AvgIpc) is 3.01. The van der Waals surface area contributed by atoms with E-state index in [4.69, 9.17) is 10.5 Å². The Morgan fingerprint density at radius 1 is 1.25 bits per heavy atom. The molecule has 0 aromatic heterocycles. The van der Waals surface area contributed by atoms with Crippen molar-refractivity contribution >= 4 is 5.91 Å². The number of likely N-dealkylation sites (tertiary alicyclic amines) is 1. The van der Waals surface area contributed by atoms with Gasteiger partial charge in [0.25, 0.3) is 0 Å². The van der Waals surface area contributed by atoms with Crippen molar-refractivity contribution in [2.45, 2.75) is 51.0 Å². The van der Waals surface area contributed by atoms with Gasteiger partial charge in [-0.3, -0.25) is 9.69 Å². The van der Waals surface area contributed by atoms with Crippen LogP contribution < -0.4 is 5.73 Å². The summed E-state index contributed by atoms with van der Waals surface area (Å²) < 4.78 is 5.81. The zero-order valence-electron chi connectivity index (χ0n) is 14.7. The Labute approximate surface area is 144 Å². The summed E-state index contributed by atoms with van der Waals surface area (Å²) in [6, 6.07) is 9.37. The molecule has 2 fully saturated rings. The van der Waals surface area contributed by atoms with E-state index in [0.717, 1.165) is 44.6 Å². The second-order valence-electron chi connectivity index (χ2n) is 7.19. The molecule has 0 bridgehead atoms. The lowest BCUT2D eigenvalue weighted by atomic mass is 10.1. The summed E-state index contributed by atoms with van der Waals surface area (Å²) in [7, 11) is 0. The van der Waals surface area contributed by atoms with Crippen LogP contribution in [0.3, 0.4) is 0 Å². The van der Waals surface area contributed by atoms with Crippen molar-refractivity contribution in [1.82, 2.24) is 9.80 Å². The number of carbonyl (C=O) groups excluding carboxylic acids is 1. The van der Waals surface area contributed by atoms with E-state index in [9.17, 15) is 4.79 Å². The molecular formula is C19H29N3O2. The Hall–Kier alpha value is -1.43. The fourth-order valence-corrected chi connectivity index (χ4v) is 4.03. The zero-order chi connectivity index (χ0) is 17.1. The van der Waals surface area contributed by atoms with Crippen molar-refractivity contribution < 1.29 is 9.53 Å². The van der Waals surface area contributed by atoms with Crippen LogP contribution in [0.2, 0.25) is 0 Å². The molecular weight excluding hydrogens is 302 g/mol. The Balaban J connectivity index is 1.63. The van der Waals surface area contributed by atoms with Gasteiger partial charge >= 0.3 is 0 Å². The van der Waals surface area contributed by atoms with Crippen LogP contribution >= 0.6 is 0 Å². The second kappa shape index (κ2) is 7.64. The minimum Gasteiger partial charge on any atom is -0.373 e. The van der Waals surface area contributed by atoms with Gasteiger partial charge < -0.3 is 15.4 Å². The molecule has 0 radical (unpaired) electrons. The highest BCUT2D eigenvalue weighted by molar-refractivity contribution is 5.83. The second-order valence-corrected chi connectivity index (χ2v) is 7.19. The van der Waals surface area contributed by atoms with E-state index in [0.29, 0.717) is 0 Å². The smallest absolute Gasteiger partial charge is 0.244 e. The van der Waals surface area contributed by atoms with E-state index in [-0.39, 0.29) is 24.2 Å². The maximum absolute atomic E-state index is 12.9. The Bertz CT molecular complexity index is 541. The molecule has 2 N–H and O–H groups in total. The molecule has 1 aromatic rings. The van der Waals surface area contributed by atoms with Gasteiger partial charge in [0.1, 0.15) is 6.04 Å². The van der Waals surface area contributed by atoms with Crippen LogP contribution in [-0.2, 0) is 9.53 Å². The van der Waals surface area contributed by atoms with Gasteiger partial charge in [-0.25, -0.2) is 0 Å². The lowest BCUT2D eigenvalue weighted by molar-refractivity contribution is -0.134. The number of hydrogen-bond acceptors (Lipinski definition) is 4. The Morgan fingerprint density at radius 2 is 1.92 bits per heavy atom. The van der Waals surface area contributed by atoms with E-state index < -0.39 is 6.04 Å². The normalized spacial score (nSPS) is 29.6. The first-order valence-electron chi connectivity index (χ1n) is 9.03. The minimum absolute atomic E-state index is 0.0538. The van der Waals surface area contributed by atoms with E-state index >= 15 is 0 Å². The highest BCUT2D eigenvalue weighted by Gasteiger charge is 2.34. The number of nitrogens with zero attached hydrogens (tertiary/aromatic N) is 2. The summed E-state index contributed by atoms with van der Waals surface area (Å²) in [5.41, 5.74) is 7.12. The summed E-state index contributed by atoms with van der Waals surface area (Å²) in [5.74, 6) is 0.0538. The fourth-order valence-electron chi connectivity index (χ4n) is 4.03. The van der Waals surface area contributed by atoms with Crippen LogP contribution in [0.15, 0.2) is 30.3 Å². The van der Waals surface area contributed by atoms with Crippen molar-refractivity contribution in [2.75, 3.05) is 26.2 Å². The topological polar surface area (TPSA) is 58.8 Å². The summed E-state index contributed by atoms with van der Waals surface area (Å²) in [4.78, 5) is 17.3. The van der Waals surface area contributed by atoms with Crippen molar-refractivity contribution in [3.63, 3.8) is 0 Å². The quantitative estimate of drug-likeness (QED) is 0.914. The molecule has 1 amide bonds. The summed E-state index contributed by atoms with van der Waals surface area (Å²) in [5, 5.41) is 0. The van der Waals surface area contributed by atoms with Gasteiger partial charge in [-0.05, 0) is 32.3 Å². The van der Waals surface area contributed by atoms with Crippen molar-refractivity contribution in [3.8, 4) is 0 Å². The highest BCUT2D eigenvalue weighted by Crippen LogP contribution is 2.24. The van der Waals surface area contributed by atoms with Crippen LogP contribution in [-0.4, -0.2) is 60.1 Å². The first kappa shape index (κ1) is 17.4. The molecule has 1 aromatic carbocycles. The number of ether oxygens (including phenoxy) is 1. The third kappa shape index (κ3) is 3.97. The number of nitrogens with two attached hydrogens (primary N) is 1. The predicted molar refractivity (Wildman–Crippen MR) is 94.6 cm³/mol. The van der Waals surface area contributed by atoms with Crippen LogP contribution in [0.5, 0.6) is 0 Å². The van der Waals surface area contributed by atoms with Crippen LogP contribution in [0.1, 0.15) is 38.3 Å². The lowest BCUT2D eigenvalue weighted by Gasteiger charge is -2.38. The third-order valence-corrected chi connectivity index (χ3v) is 5.05. The van der Waals surface area contributed by atoms with Crippen LogP contribution in [0.4, 0.5) is 0 Å². The van der Waals surface area contributed by atoms with Crippen molar-refractivity contribution in [3.05, 3.63) is 35.9 Å². The van der Waals surface area contributed by atoms with Gasteiger partial charge in [-0.2, -0.15) is 0 Å². The zero-order valence-corrected chi connectivity index (χ0v) is 14.7. The van der Waals surface area contributed by atoms with Gasteiger partial charge in [0.15, 0.2) is 0 Å². The number of benzene rings is 1. The van der Waals surface area contributed by atoms with Crippen molar-refractivity contribution in [2.24, 2.45) is 5.73 Å². The van der Waals surface area contributed by atoms with Gasteiger partial charge in [-0.1, -0.05) is 30.3 Å². The molecule has 0 aliphatic carbocycles. The van der Waals surface area contributed by atoms with Crippen LogP contribution in [0, 0.1) is 0 Å². The molecule has 0 saturated carbocycles. The largest absolute Gasteiger partial charge is 0.373 e. The summed E-state index contributed by atoms with van der Waals surface area (Å²) in [6.07, 6.45) is 2.64. The number of hydrogen-bond donors (Lipinski definition) is 1. The molecule has 4 atom stereocenters. The Kier molecular flexibility index (Phi) is 5.54. The maximum atomic E-state index is 12.9. The van der Waals surface area contributed by atoms with Gasteiger partial charge in [0, 0.05) is 32.2 Å². The fraction of sp³-hybridized carbons (Fsp3) is 0.632. The molecule has 2 heterocycles. The van der Waals surface area contributed by atoms with Crippen molar-refractivity contribution in [1.29, 1.82) is 0 Å². The maximum Gasteiger partial charge on any atom is 0.244 e. The molecule has 24 heavy (non-hydrogen) atoms.